The van der Waals surface area contributed by atoms with Crippen molar-refractivity contribution < 1.29 is 13.2 Å². The fraction of sp³-hybridized carbons (Fsp3) is 0.176. The molecule has 0 saturated heterocycles. The maximum absolute atomic E-state index is 12.7. The van der Waals surface area contributed by atoms with Crippen LogP contribution >= 0.6 is 11.3 Å². The lowest BCUT2D eigenvalue weighted by atomic mass is 10.1. The highest BCUT2D eigenvalue weighted by molar-refractivity contribution is 7.90. The van der Waals surface area contributed by atoms with Gasteiger partial charge in [0, 0.05) is 29.9 Å². The van der Waals surface area contributed by atoms with Crippen LogP contribution in [0, 0.1) is 13.8 Å². The molecule has 0 bridgehead atoms. The summed E-state index contributed by atoms with van der Waals surface area (Å²) in [6, 6.07) is 6.56. The molecular weight excluding hydrogens is 358 g/mol. The van der Waals surface area contributed by atoms with E-state index in [0.717, 1.165) is 15.4 Å². The molecule has 3 aromatic rings. The fourth-order valence-corrected chi connectivity index (χ4v) is 4.46. The number of benzene rings is 1. The Balaban J connectivity index is 1.93. The average Bonchev–Trinajstić information content (AvgIpc) is 3.18. The van der Waals surface area contributed by atoms with E-state index in [2.05, 4.69) is 14.7 Å². The van der Waals surface area contributed by atoms with Crippen LogP contribution in [0.5, 0.6) is 0 Å². The van der Waals surface area contributed by atoms with Gasteiger partial charge in [0.05, 0.1) is 15.5 Å². The average molecular weight is 375 g/mol. The maximum Gasteiger partial charge on any atom is 0.266 e. The number of amides is 1. The van der Waals surface area contributed by atoms with Gasteiger partial charge in [0.2, 0.25) is 0 Å². The molecule has 0 spiro atoms. The third kappa shape index (κ3) is 3.97. The van der Waals surface area contributed by atoms with Crippen molar-refractivity contribution in [3.05, 3.63) is 69.4 Å². The third-order valence-electron chi connectivity index (χ3n) is 3.60. The van der Waals surface area contributed by atoms with Crippen molar-refractivity contribution in [2.45, 2.75) is 25.2 Å². The Morgan fingerprint density at radius 3 is 2.72 bits per heavy atom. The second-order valence-corrected chi connectivity index (χ2v) is 8.66. The monoisotopic (exact) mass is 375 g/mol. The van der Waals surface area contributed by atoms with Crippen LogP contribution in [-0.2, 0) is 16.4 Å². The lowest BCUT2D eigenvalue weighted by Crippen LogP contribution is -2.31. The summed E-state index contributed by atoms with van der Waals surface area (Å²) in [6.07, 6.45) is 5.16. The van der Waals surface area contributed by atoms with Crippen LogP contribution in [0.2, 0.25) is 0 Å². The molecule has 1 amide bonds. The predicted molar refractivity (Wildman–Crippen MR) is 96.3 cm³/mol. The molecule has 25 heavy (non-hydrogen) atoms. The van der Waals surface area contributed by atoms with E-state index in [1.807, 2.05) is 19.9 Å². The smallest absolute Gasteiger partial charge is 0.266 e. The highest BCUT2D eigenvalue weighted by Crippen LogP contribution is 2.23. The van der Waals surface area contributed by atoms with Gasteiger partial charge in [-0.3, -0.25) is 4.79 Å². The normalized spacial score (nSPS) is 11.4. The van der Waals surface area contributed by atoms with E-state index in [4.69, 9.17) is 0 Å². The molecule has 0 fully saturated rings. The number of hydrogen-bond donors (Lipinski definition) is 2. The number of hydrogen-bond acceptors (Lipinski definition) is 5. The van der Waals surface area contributed by atoms with Gasteiger partial charge in [-0.25, -0.2) is 18.1 Å². The van der Waals surface area contributed by atoms with Gasteiger partial charge in [-0.05, 0) is 31.5 Å². The summed E-state index contributed by atoms with van der Waals surface area (Å²) in [7, 11) is -3.98. The lowest BCUT2D eigenvalue weighted by molar-refractivity contribution is 0.0981. The quantitative estimate of drug-likeness (QED) is 0.717. The molecule has 0 saturated carbocycles. The Kier molecular flexibility index (Phi) is 4.73. The molecule has 3 rings (SSSR count). The van der Waals surface area contributed by atoms with Gasteiger partial charge in [-0.15, -0.1) is 11.3 Å². The number of nitrogens with zero attached hydrogens (tertiary/aromatic N) is 1. The Labute approximate surface area is 150 Å². The summed E-state index contributed by atoms with van der Waals surface area (Å²) in [4.78, 5) is 20.3. The molecule has 8 heteroatoms. The van der Waals surface area contributed by atoms with Crippen LogP contribution < -0.4 is 4.72 Å². The SMILES string of the molecule is Cc1ccc(S(=O)(=O)NC(=O)c2cc[nH]c2)c(Cc2ncc(C)s2)c1. The van der Waals surface area contributed by atoms with Crippen LogP contribution in [-0.4, -0.2) is 24.3 Å². The second kappa shape index (κ2) is 6.81. The number of rotatable bonds is 5. The Bertz CT molecular complexity index is 1010. The molecule has 2 aromatic heterocycles. The van der Waals surface area contributed by atoms with Gasteiger partial charge >= 0.3 is 0 Å². The number of thiazole rings is 1. The van der Waals surface area contributed by atoms with Crippen molar-refractivity contribution in [1.29, 1.82) is 0 Å². The molecule has 0 aliphatic carbocycles. The first-order valence-corrected chi connectivity index (χ1v) is 9.86. The first-order chi connectivity index (χ1) is 11.8. The molecule has 2 N–H and O–H groups in total. The number of nitrogens with one attached hydrogen (secondary N) is 2. The molecule has 0 atom stereocenters. The zero-order chi connectivity index (χ0) is 18.0. The Morgan fingerprint density at radius 1 is 1.28 bits per heavy atom. The van der Waals surface area contributed by atoms with E-state index in [9.17, 15) is 13.2 Å². The number of aromatic nitrogens is 2. The number of H-pyrrole nitrogens is 1. The predicted octanol–water partition coefficient (Wildman–Crippen LogP) is 2.80. The van der Waals surface area contributed by atoms with Crippen molar-refractivity contribution in [2.75, 3.05) is 0 Å². The van der Waals surface area contributed by atoms with E-state index >= 15 is 0 Å². The lowest BCUT2D eigenvalue weighted by Gasteiger charge is -2.11. The first kappa shape index (κ1) is 17.4. The maximum atomic E-state index is 12.7. The molecule has 0 aliphatic rings. The zero-order valence-electron chi connectivity index (χ0n) is 13.7. The topological polar surface area (TPSA) is 91.9 Å². The minimum Gasteiger partial charge on any atom is -0.367 e. The van der Waals surface area contributed by atoms with Gasteiger partial charge in [0.15, 0.2) is 0 Å². The molecule has 2 heterocycles. The Hall–Kier alpha value is -2.45. The van der Waals surface area contributed by atoms with Crippen LogP contribution in [0.15, 0.2) is 47.8 Å². The minimum absolute atomic E-state index is 0.0924. The van der Waals surface area contributed by atoms with E-state index < -0.39 is 15.9 Å². The van der Waals surface area contributed by atoms with Gasteiger partial charge in [0.25, 0.3) is 15.9 Å². The van der Waals surface area contributed by atoms with Crippen molar-refractivity contribution in [3.63, 3.8) is 0 Å². The molecule has 1 aromatic carbocycles. The summed E-state index contributed by atoms with van der Waals surface area (Å²) in [6.45, 7) is 3.84. The van der Waals surface area contributed by atoms with E-state index in [-0.39, 0.29) is 10.5 Å². The van der Waals surface area contributed by atoms with Crippen molar-refractivity contribution in [2.24, 2.45) is 0 Å². The van der Waals surface area contributed by atoms with E-state index in [1.54, 1.807) is 18.5 Å². The highest BCUT2D eigenvalue weighted by atomic mass is 32.2. The summed E-state index contributed by atoms with van der Waals surface area (Å²) >= 11 is 1.52. The van der Waals surface area contributed by atoms with Crippen molar-refractivity contribution >= 4 is 27.3 Å². The van der Waals surface area contributed by atoms with Gasteiger partial charge < -0.3 is 4.98 Å². The summed E-state index contributed by atoms with van der Waals surface area (Å²) < 4.78 is 27.5. The number of sulfonamides is 1. The van der Waals surface area contributed by atoms with E-state index in [0.29, 0.717) is 12.0 Å². The summed E-state index contributed by atoms with van der Waals surface area (Å²) in [5, 5.41) is 0.830. The van der Waals surface area contributed by atoms with Gasteiger partial charge in [-0.2, -0.15) is 0 Å². The molecular formula is C17H17N3O3S2. The number of aryl methyl sites for hydroxylation is 2. The number of carbonyl (C=O) groups is 1. The fourth-order valence-electron chi connectivity index (χ4n) is 2.46. The van der Waals surface area contributed by atoms with Crippen LogP contribution in [0.4, 0.5) is 0 Å². The summed E-state index contributed by atoms with van der Waals surface area (Å²) in [5.41, 5.74) is 1.82. The molecule has 130 valence electrons. The molecule has 6 nitrogen and oxygen atoms in total. The zero-order valence-corrected chi connectivity index (χ0v) is 15.4. The van der Waals surface area contributed by atoms with Gasteiger partial charge in [-0.1, -0.05) is 17.7 Å². The molecule has 0 aliphatic heterocycles. The van der Waals surface area contributed by atoms with Crippen molar-refractivity contribution in [3.8, 4) is 0 Å². The van der Waals surface area contributed by atoms with Crippen molar-refractivity contribution in [1.82, 2.24) is 14.7 Å². The molecule has 0 radical (unpaired) electrons. The Morgan fingerprint density at radius 2 is 2.08 bits per heavy atom. The minimum atomic E-state index is -3.98. The van der Waals surface area contributed by atoms with Crippen LogP contribution in [0.25, 0.3) is 0 Å². The van der Waals surface area contributed by atoms with Gasteiger partial charge in [0.1, 0.15) is 0 Å². The van der Waals surface area contributed by atoms with Crippen LogP contribution in [0.3, 0.4) is 0 Å². The molecule has 0 unspecified atom stereocenters. The first-order valence-electron chi connectivity index (χ1n) is 7.56. The highest BCUT2D eigenvalue weighted by Gasteiger charge is 2.22. The number of carbonyl (C=O) groups excluding carboxylic acids is 1. The largest absolute Gasteiger partial charge is 0.367 e. The van der Waals surface area contributed by atoms with E-state index in [1.165, 1.54) is 29.7 Å². The standard InChI is InChI=1S/C17H17N3O3S2/c1-11-3-4-15(14(7-11)8-16-19-9-12(2)24-16)25(22,23)20-17(21)13-5-6-18-10-13/h3-7,9-10,18H,8H2,1-2H3,(H,20,21). The number of aromatic amines is 1. The van der Waals surface area contributed by atoms with Crippen LogP contribution in [0.1, 0.15) is 31.4 Å². The summed E-state index contributed by atoms with van der Waals surface area (Å²) in [5.74, 6) is -0.669. The second-order valence-electron chi connectivity index (χ2n) is 5.69. The third-order valence-corrected chi connectivity index (χ3v) is 5.95.